The van der Waals surface area contributed by atoms with Gasteiger partial charge < -0.3 is 5.11 Å². The summed E-state index contributed by atoms with van der Waals surface area (Å²) in [6.45, 7) is 0.780. The van der Waals surface area contributed by atoms with Crippen LogP contribution in [-0.2, 0) is 10.0 Å². The van der Waals surface area contributed by atoms with E-state index < -0.39 is 10.0 Å². The molecule has 22 heavy (non-hydrogen) atoms. The Bertz CT molecular complexity index is 732. The second-order valence-electron chi connectivity index (χ2n) is 5.31. The maximum Gasteiger partial charge on any atom is 0.246 e. The van der Waals surface area contributed by atoms with Gasteiger partial charge in [0.05, 0.1) is 12.4 Å². The summed E-state index contributed by atoms with van der Waals surface area (Å²) in [7, 11) is -3.58. The zero-order valence-electron chi connectivity index (χ0n) is 12.0. The molecule has 3 rings (SSSR count). The van der Waals surface area contributed by atoms with Crippen molar-refractivity contribution in [2.75, 3.05) is 19.7 Å². The van der Waals surface area contributed by atoms with Gasteiger partial charge in [-0.2, -0.15) is 4.31 Å². The van der Waals surface area contributed by atoms with Crippen LogP contribution in [0.1, 0.15) is 6.42 Å². The van der Waals surface area contributed by atoms with E-state index in [2.05, 4.69) is 9.97 Å². The van der Waals surface area contributed by atoms with Crippen molar-refractivity contribution in [2.24, 2.45) is 5.92 Å². The lowest BCUT2D eigenvalue weighted by atomic mass is 10.1. The van der Waals surface area contributed by atoms with E-state index in [-0.39, 0.29) is 17.4 Å². The molecule has 1 aliphatic rings. The quantitative estimate of drug-likeness (QED) is 0.914. The third kappa shape index (κ3) is 2.87. The normalized spacial score (nSPS) is 19.4. The second-order valence-corrected chi connectivity index (χ2v) is 7.25. The molecule has 1 N–H and O–H groups in total. The summed E-state index contributed by atoms with van der Waals surface area (Å²) >= 11 is 0. The van der Waals surface area contributed by atoms with Crippen molar-refractivity contribution in [2.45, 2.75) is 11.3 Å². The zero-order valence-corrected chi connectivity index (χ0v) is 12.8. The molecule has 6 nitrogen and oxygen atoms in total. The summed E-state index contributed by atoms with van der Waals surface area (Å²) in [5.74, 6) is 0.508. The van der Waals surface area contributed by atoms with Crippen LogP contribution in [0.15, 0.2) is 47.6 Å². The third-order valence-corrected chi connectivity index (χ3v) is 5.62. The molecule has 0 aliphatic carbocycles. The molecule has 0 amide bonds. The monoisotopic (exact) mass is 319 g/mol. The highest BCUT2D eigenvalue weighted by molar-refractivity contribution is 7.89. The van der Waals surface area contributed by atoms with E-state index in [1.807, 2.05) is 30.3 Å². The highest BCUT2D eigenvalue weighted by Crippen LogP contribution is 2.24. The van der Waals surface area contributed by atoms with Crippen LogP contribution in [0, 0.1) is 5.92 Å². The van der Waals surface area contributed by atoms with E-state index >= 15 is 0 Å². The fourth-order valence-corrected chi connectivity index (χ4v) is 3.92. The van der Waals surface area contributed by atoms with Gasteiger partial charge in [0.2, 0.25) is 10.0 Å². The van der Waals surface area contributed by atoms with Crippen LogP contribution < -0.4 is 0 Å². The van der Waals surface area contributed by atoms with Gasteiger partial charge in [0.25, 0.3) is 0 Å². The van der Waals surface area contributed by atoms with E-state index in [1.165, 1.54) is 16.7 Å². The molecular formula is C15H17N3O3S. The first-order valence-electron chi connectivity index (χ1n) is 7.10. The third-order valence-electron chi connectivity index (χ3n) is 3.80. The first-order chi connectivity index (χ1) is 10.6. The smallest absolute Gasteiger partial charge is 0.246 e. The summed E-state index contributed by atoms with van der Waals surface area (Å²) in [6.07, 6.45) is 3.37. The number of sulfonamides is 1. The Hall–Kier alpha value is -1.83. The van der Waals surface area contributed by atoms with Gasteiger partial charge in [0.15, 0.2) is 5.82 Å². The van der Waals surface area contributed by atoms with E-state index in [0.29, 0.717) is 25.3 Å². The van der Waals surface area contributed by atoms with Gasteiger partial charge in [-0.3, -0.25) is 0 Å². The Kier molecular flexibility index (Phi) is 4.19. The lowest BCUT2D eigenvalue weighted by Crippen LogP contribution is -2.29. The van der Waals surface area contributed by atoms with Crippen LogP contribution >= 0.6 is 0 Å². The van der Waals surface area contributed by atoms with Crippen molar-refractivity contribution in [3.05, 3.63) is 42.7 Å². The van der Waals surface area contributed by atoms with Gasteiger partial charge in [-0.05, 0) is 12.3 Å². The van der Waals surface area contributed by atoms with Crippen LogP contribution in [0.25, 0.3) is 11.4 Å². The number of aliphatic hydroxyl groups is 1. The molecule has 1 aliphatic heterocycles. The number of nitrogens with zero attached hydrogens (tertiary/aromatic N) is 3. The molecule has 0 spiro atoms. The maximum absolute atomic E-state index is 12.5. The summed E-state index contributed by atoms with van der Waals surface area (Å²) in [6, 6.07) is 9.39. The topological polar surface area (TPSA) is 83.4 Å². The summed E-state index contributed by atoms with van der Waals surface area (Å²) in [5, 5.41) is 9.14. The minimum absolute atomic E-state index is 0.00939. The molecule has 2 heterocycles. The lowest BCUT2D eigenvalue weighted by Gasteiger charge is -2.15. The van der Waals surface area contributed by atoms with Crippen molar-refractivity contribution < 1.29 is 13.5 Å². The molecule has 7 heteroatoms. The molecule has 0 saturated carbocycles. The molecule has 0 radical (unpaired) electrons. The molecule has 1 saturated heterocycles. The Morgan fingerprint density at radius 3 is 2.45 bits per heavy atom. The summed E-state index contributed by atoms with van der Waals surface area (Å²) in [5.41, 5.74) is 0.841. The molecule has 116 valence electrons. The molecule has 0 bridgehead atoms. The molecule has 1 fully saturated rings. The maximum atomic E-state index is 12.5. The van der Waals surface area contributed by atoms with Crippen molar-refractivity contribution >= 4 is 10.0 Å². The first-order valence-corrected chi connectivity index (χ1v) is 8.54. The average Bonchev–Trinajstić information content (AvgIpc) is 3.06. The average molecular weight is 319 g/mol. The van der Waals surface area contributed by atoms with Crippen LogP contribution in [0.3, 0.4) is 0 Å². The Morgan fingerprint density at radius 2 is 1.86 bits per heavy atom. The summed E-state index contributed by atoms with van der Waals surface area (Å²) in [4.78, 5) is 8.41. The summed E-state index contributed by atoms with van der Waals surface area (Å²) < 4.78 is 26.4. The van der Waals surface area contributed by atoms with Gasteiger partial charge in [0, 0.05) is 25.3 Å². The van der Waals surface area contributed by atoms with E-state index in [0.717, 1.165) is 5.56 Å². The van der Waals surface area contributed by atoms with E-state index in [4.69, 9.17) is 5.11 Å². The van der Waals surface area contributed by atoms with Crippen LogP contribution in [-0.4, -0.2) is 47.5 Å². The van der Waals surface area contributed by atoms with Crippen molar-refractivity contribution in [1.82, 2.24) is 14.3 Å². The standard InChI is InChI=1S/C15H17N3O3S/c19-11-12-6-7-18(10-12)22(20,21)14-8-16-15(17-9-14)13-4-2-1-3-5-13/h1-5,8-9,12,19H,6-7,10-11H2. The van der Waals surface area contributed by atoms with E-state index in [1.54, 1.807) is 0 Å². The number of rotatable bonds is 4. The molecule has 2 aromatic rings. The van der Waals surface area contributed by atoms with Gasteiger partial charge >= 0.3 is 0 Å². The molecule has 1 unspecified atom stereocenters. The van der Waals surface area contributed by atoms with E-state index in [9.17, 15) is 8.42 Å². The number of hydrogen-bond acceptors (Lipinski definition) is 5. The second kappa shape index (κ2) is 6.12. The number of aliphatic hydroxyl groups excluding tert-OH is 1. The molecule has 1 aromatic carbocycles. The van der Waals surface area contributed by atoms with Gasteiger partial charge in [-0.1, -0.05) is 30.3 Å². The highest BCUT2D eigenvalue weighted by atomic mass is 32.2. The lowest BCUT2D eigenvalue weighted by molar-refractivity contribution is 0.233. The minimum Gasteiger partial charge on any atom is -0.396 e. The molecule has 1 aromatic heterocycles. The van der Waals surface area contributed by atoms with Crippen LogP contribution in [0.5, 0.6) is 0 Å². The first kappa shape index (κ1) is 15.1. The van der Waals surface area contributed by atoms with Gasteiger partial charge in [-0.25, -0.2) is 18.4 Å². The Balaban J connectivity index is 1.83. The largest absolute Gasteiger partial charge is 0.396 e. The SMILES string of the molecule is O=S(=O)(c1cnc(-c2ccccc2)nc1)N1CCC(CO)C1. The number of benzene rings is 1. The fourth-order valence-electron chi connectivity index (χ4n) is 2.50. The molecule has 1 atom stereocenters. The van der Waals surface area contributed by atoms with Crippen molar-refractivity contribution in [1.29, 1.82) is 0 Å². The minimum atomic E-state index is -3.58. The molecular weight excluding hydrogens is 302 g/mol. The Labute approximate surface area is 129 Å². The highest BCUT2D eigenvalue weighted by Gasteiger charge is 2.32. The van der Waals surface area contributed by atoms with Crippen molar-refractivity contribution in [3.63, 3.8) is 0 Å². The van der Waals surface area contributed by atoms with Gasteiger partial charge in [0.1, 0.15) is 4.90 Å². The predicted molar refractivity (Wildman–Crippen MR) is 81.4 cm³/mol. The van der Waals surface area contributed by atoms with Crippen LogP contribution in [0.4, 0.5) is 0 Å². The van der Waals surface area contributed by atoms with Crippen LogP contribution in [0.2, 0.25) is 0 Å². The van der Waals surface area contributed by atoms with Crippen molar-refractivity contribution in [3.8, 4) is 11.4 Å². The van der Waals surface area contributed by atoms with Gasteiger partial charge in [-0.15, -0.1) is 0 Å². The fraction of sp³-hybridized carbons (Fsp3) is 0.333. The Morgan fingerprint density at radius 1 is 1.18 bits per heavy atom. The number of hydrogen-bond donors (Lipinski definition) is 1. The number of aromatic nitrogens is 2. The zero-order chi connectivity index (χ0) is 15.6. The predicted octanol–water partition coefficient (Wildman–Crippen LogP) is 1.15.